The molecule has 1 aromatic rings. The van der Waals surface area contributed by atoms with Crippen LogP contribution in [-0.2, 0) is 4.74 Å². The van der Waals surface area contributed by atoms with E-state index in [-0.39, 0.29) is 17.6 Å². The molecule has 1 rings (SSSR count). The van der Waals surface area contributed by atoms with Crippen LogP contribution in [0, 0.1) is 18.6 Å². The molecule has 1 unspecified atom stereocenters. The molecule has 0 radical (unpaired) electrons. The van der Waals surface area contributed by atoms with Crippen molar-refractivity contribution in [2.24, 2.45) is 0 Å². The number of halogens is 2. The number of benzene rings is 1. The SMILES string of the molecule is COCCNCC(C)c1cc(F)c(C)cc1F. The topological polar surface area (TPSA) is 21.3 Å². The Kier molecular flexibility index (Phi) is 5.51. The average molecular weight is 243 g/mol. The number of hydrogen-bond acceptors (Lipinski definition) is 2. The van der Waals surface area contributed by atoms with Crippen LogP contribution in [0.3, 0.4) is 0 Å². The number of hydrogen-bond donors (Lipinski definition) is 1. The zero-order valence-corrected chi connectivity index (χ0v) is 10.5. The quantitative estimate of drug-likeness (QED) is 0.775. The molecule has 96 valence electrons. The summed E-state index contributed by atoms with van der Waals surface area (Å²) in [6.07, 6.45) is 0. The van der Waals surface area contributed by atoms with E-state index in [9.17, 15) is 8.78 Å². The minimum atomic E-state index is -0.356. The predicted octanol–water partition coefficient (Wildman–Crippen LogP) is 2.61. The summed E-state index contributed by atoms with van der Waals surface area (Å²) in [5.74, 6) is -0.767. The molecule has 1 N–H and O–H groups in total. The van der Waals surface area contributed by atoms with E-state index >= 15 is 0 Å². The summed E-state index contributed by atoms with van der Waals surface area (Å²) in [7, 11) is 1.63. The average Bonchev–Trinajstić information content (AvgIpc) is 2.29. The lowest BCUT2D eigenvalue weighted by atomic mass is 9.99. The summed E-state index contributed by atoms with van der Waals surface area (Å²) in [5, 5.41) is 3.13. The Bertz CT molecular complexity index is 369. The molecule has 1 aromatic carbocycles. The summed E-state index contributed by atoms with van der Waals surface area (Å²) in [6, 6.07) is 2.53. The van der Waals surface area contributed by atoms with Crippen LogP contribution in [0.15, 0.2) is 12.1 Å². The molecule has 0 aliphatic carbocycles. The lowest BCUT2D eigenvalue weighted by Crippen LogP contribution is -2.24. The zero-order chi connectivity index (χ0) is 12.8. The summed E-state index contributed by atoms with van der Waals surface area (Å²) < 4.78 is 31.9. The lowest BCUT2D eigenvalue weighted by molar-refractivity contribution is 0.199. The molecule has 0 bridgehead atoms. The van der Waals surface area contributed by atoms with Crippen LogP contribution in [-0.4, -0.2) is 26.8 Å². The molecule has 0 heterocycles. The molecule has 0 aliphatic rings. The Hall–Kier alpha value is -1.00. The standard InChI is InChI=1S/C13H19F2NO/c1-9-6-13(15)11(7-12(9)14)10(2)8-16-4-5-17-3/h6-7,10,16H,4-5,8H2,1-3H3. The minimum absolute atomic E-state index is 0.0676. The van der Waals surface area contributed by atoms with E-state index in [0.29, 0.717) is 30.8 Å². The van der Waals surface area contributed by atoms with Crippen molar-refractivity contribution < 1.29 is 13.5 Å². The number of rotatable bonds is 6. The Morgan fingerprint density at radius 3 is 2.65 bits per heavy atom. The molecular formula is C13H19F2NO. The molecule has 0 amide bonds. The van der Waals surface area contributed by atoms with Gasteiger partial charge in [0.1, 0.15) is 11.6 Å². The highest BCUT2D eigenvalue weighted by atomic mass is 19.1. The highest BCUT2D eigenvalue weighted by Crippen LogP contribution is 2.21. The van der Waals surface area contributed by atoms with Gasteiger partial charge in [-0.1, -0.05) is 6.92 Å². The molecule has 4 heteroatoms. The second-order valence-corrected chi connectivity index (χ2v) is 4.22. The normalized spacial score (nSPS) is 12.8. The lowest BCUT2D eigenvalue weighted by Gasteiger charge is -2.14. The van der Waals surface area contributed by atoms with Gasteiger partial charge >= 0.3 is 0 Å². The van der Waals surface area contributed by atoms with E-state index in [1.165, 1.54) is 12.1 Å². The zero-order valence-electron chi connectivity index (χ0n) is 10.5. The van der Waals surface area contributed by atoms with Crippen LogP contribution in [0.1, 0.15) is 24.0 Å². The van der Waals surface area contributed by atoms with Gasteiger partial charge in [0.25, 0.3) is 0 Å². The van der Waals surface area contributed by atoms with Crippen LogP contribution in [0.2, 0.25) is 0 Å². The van der Waals surface area contributed by atoms with Gasteiger partial charge in [-0.2, -0.15) is 0 Å². The van der Waals surface area contributed by atoms with Crippen molar-refractivity contribution in [1.29, 1.82) is 0 Å². The maximum absolute atomic E-state index is 13.6. The van der Waals surface area contributed by atoms with Gasteiger partial charge in [-0.05, 0) is 36.1 Å². The molecule has 2 nitrogen and oxygen atoms in total. The van der Waals surface area contributed by atoms with Crippen molar-refractivity contribution in [2.75, 3.05) is 26.8 Å². The maximum atomic E-state index is 13.6. The van der Waals surface area contributed by atoms with E-state index < -0.39 is 0 Å². The van der Waals surface area contributed by atoms with Gasteiger partial charge in [0, 0.05) is 20.2 Å². The van der Waals surface area contributed by atoms with Gasteiger partial charge in [0.2, 0.25) is 0 Å². The summed E-state index contributed by atoms with van der Waals surface area (Å²) in [4.78, 5) is 0. The first kappa shape index (κ1) is 14.1. The fourth-order valence-electron chi connectivity index (χ4n) is 1.64. The van der Waals surface area contributed by atoms with Crippen molar-refractivity contribution >= 4 is 0 Å². The fraction of sp³-hybridized carbons (Fsp3) is 0.538. The van der Waals surface area contributed by atoms with E-state index in [1.807, 2.05) is 6.92 Å². The second-order valence-electron chi connectivity index (χ2n) is 4.22. The molecular weight excluding hydrogens is 224 g/mol. The van der Waals surface area contributed by atoms with Crippen LogP contribution in [0.5, 0.6) is 0 Å². The van der Waals surface area contributed by atoms with Crippen molar-refractivity contribution in [3.05, 3.63) is 34.9 Å². The van der Waals surface area contributed by atoms with Crippen LogP contribution in [0.4, 0.5) is 8.78 Å². The number of methoxy groups -OCH3 is 1. The van der Waals surface area contributed by atoms with E-state index in [1.54, 1.807) is 14.0 Å². The Labute approximate surface area is 101 Å². The third kappa shape index (κ3) is 4.06. The Morgan fingerprint density at radius 2 is 2.00 bits per heavy atom. The highest BCUT2D eigenvalue weighted by molar-refractivity contribution is 5.27. The van der Waals surface area contributed by atoms with Crippen molar-refractivity contribution in [2.45, 2.75) is 19.8 Å². The molecule has 0 aliphatic heterocycles. The Balaban J connectivity index is 2.62. The highest BCUT2D eigenvalue weighted by Gasteiger charge is 2.13. The summed E-state index contributed by atoms with van der Waals surface area (Å²) >= 11 is 0. The predicted molar refractivity (Wildman–Crippen MR) is 64.3 cm³/mol. The molecule has 0 aromatic heterocycles. The van der Waals surface area contributed by atoms with Gasteiger partial charge in [-0.25, -0.2) is 8.78 Å². The van der Waals surface area contributed by atoms with Gasteiger partial charge in [0.15, 0.2) is 0 Å². The minimum Gasteiger partial charge on any atom is -0.383 e. The second kappa shape index (κ2) is 6.67. The number of nitrogens with one attached hydrogen (secondary N) is 1. The van der Waals surface area contributed by atoms with Gasteiger partial charge in [0.05, 0.1) is 6.61 Å². The molecule has 17 heavy (non-hydrogen) atoms. The molecule has 1 atom stereocenters. The molecule has 0 spiro atoms. The van der Waals surface area contributed by atoms with Gasteiger partial charge < -0.3 is 10.1 Å². The van der Waals surface area contributed by atoms with Crippen LogP contribution < -0.4 is 5.32 Å². The third-order valence-corrected chi connectivity index (χ3v) is 2.74. The first-order chi connectivity index (χ1) is 8.06. The summed E-state index contributed by atoms with van der Waals surface area (Å²) in [5.41, 5.74) is 0.754. The molecule has 0 fully saturated rings. The van der Waals surface area contributed by atoms with E-state index in [0.717, 1.165) is 0 Å². The number of aryl methyl sites for hydroxylation is 1. The molecule has 0 saturated heterocycles. The monoisotopic (exact) mass is 243 g/mol. The fourth-order valence-corrected chi connectivity index (χ4v) is 1.64. The first-order valence-electron chi connectivity index (χ1n) is 5.71. The van der Waals surface area contributed by atoms with Crippen molar-refractivity contribution in [3.63, 3.8) is 0 Å². The van der Waals surface area contributed by atoms with Gasteiger partial charge in [-0.15, -0.1) is 0 Å². The van der Waals surface area contributed by atoms with Crippen LogP contribution >= 0.6 is 0 Å². The smallest absolute Gasteiger partial charge is 0.127 e. The maximum Gasteiger partial charge on any atom is 0.127 e. The molecule has 0 saturated carbocycles. The third-order valence-electron chi connectivity index (χ3n) is 2.74. The van der Waals surface area contributed by atoms with E-state index in [4.69, 9.17) is 4.74 Å². The first-order valence-corrected chi connectivity index (χ1v) is 5.71. The Morgan fingerprint density at radius 1 is 1.29 bits per heavy atom. The summed E-state index contributed by atoms with van der Waals surface area (Å²) in [6.45, 7) is 5.34. The van der Waals surface area contributed by atoms with Crippen molar-refractivity contribution in [3.8, 4) is 0 Å². The van der Waals surface area contributed by atoms with E-state index in [2.05, 4.69) is 5.32 Å². The van der Waals surface area contributed by atoms with Crippen molar-refractivity contribution in [1.82, 2.24) is 5.32 Å². The largest absolute Gasteiger partial charge is 0.383 e. The number of ether oxygens (including phenoxy) is 1. The van der Waals surface area contributed by atoms with Gasteiger partial charge in [-0.3, -0.25) is 0 Å². The van der Waals surface area contributed by atoms with Crippen LogP contribution in [0.25, 0.3) is 0 Å².